The van der Waals surface area contributed by atoms with Gasteiger partial charge in [0.25, 0.3) is 0 Å². The van der Waals surface area contributed by atoms with Gasteiger partial charge < -0.3 is 4.74 Å². The van der Waals surface area contributed by atoms with Crippen LogP contribution in [0.1, 0.15) is 41.0 Å². The second-order valence-electron chi connectivity index (χ2n) is 4.83. The molecule has 3 heteroatoms. The van der Waals surface area contributed by atoms with Crippen molar-refractivity contribution in [1.82, 2.24) is 0 Å². The fourth-order valence-electron chi connectivity index (χ4n) is 1.62. The Balaban J connectivity index is 4.24. The molecule has 0 aromatic heterocycles. The van der Waals surface area contributed by atoms with E-state index in [1.165, 1.54) is 6.92 Å². The van der Waals surface area contributed by atoms with Gasteiger partial charge in [-0.1, -0.05) is 29.8 Å². The third-order valence-electron chi connectivity index (χ3n) is 1.69. The van der Waals surface area contributed by atoms with Crippen LogP contribution < -0.4 is 0 Å². The van der Waals surface area contributed by atoms with Gasteiger partial charge in [0, 0.05) is 12.3 Å². The molecule has 0 bridgehead atoms. The van der Waals surface area contributed by atoms with E-state index >= 15 is 0 Å². The number of halogens is 1. The molecule has 0 aliphatic rings. The summed E-state index contributed by atoms with van der Waals surface area (Å²) in [5.74, 6) is -0.213. The summed E-state index contributed by atoms with van der Waals surface area (Å²) >= 11 is 3.45. The average molecular weight is 251 g/mol. The molecule has 0 radical (unpaired) electrons. The lowest BCUT2D eigenvalue weighted by Crippen LogP contribution is -2.33. The number of hydrogen-bond acceptors (Lipinski definition) is 2. The molecule has 0 unspecified atom stereocenters. The van der Waals surface area contributed by atoms with Gasteiger partial charge in [-0.05, 0) is 25.7 Å². The molecule has 0 fully saturated rings. The lowest BCUT2D eigenvalue weighted by molar-refractivity contribution is -0.155. The molecular formula is C10H19BrO2. The van der Waals surface area contributed by atoms with Crippen LogP contribution in [0, 0.1) is 5.41 Å². The van der Waals surface area contributed by atoms with E-state index < -0.39 is 0 Å². The minimum absolute atomic E-state index is 0.152. The zero-order chi connectivity index (χ0) is 10.7. The predicted molar refractivity (Wildman–Crippen MR) is 58.0 cm³/mol. The second-order valence-corrected chi connectivity index (χ2v) is 5.39. The monoisotopic (exact) mass is 250 g/mol. The van der Waals surface area contributed by atoms with Gasteiger partial charge in [-0.3, -0.25) is 4.79 Å². The Morgan fingerprint density at radius 3 is 2.08 bits per heavy atom. The molecule has 0 aromatic rings. The Hall–Kier alpha value is -0.0500. The van der Waals surface area contributed by atoms with E-state index in [4.69, 9.17) is 4.74 Å². The summed E-state index contributed by atoms with van der Waals surface area (Å²) in [6.07, 6.45) is 0.852. The van der Waals surface area contributed by atoms with Crippen molar-refractivity contribution in [2.75, 3.05) is 5.33 Å². The minimum atomic E-state index is -0.372. The first-order valence-electron chi connectivity index (χ1n) is 4.44. The quantitative estimate of drug-likeness (QED) is 0.566. The number of alkyl halides is 1. The molecule has 0 saturated carbocycles. The van der Waals surface area contributed by atoms with Gasteiger partial charge in [0.15, 0.2) is 0 Å². The van der Waals surface area contributed by atoms with Crippen molar-refractivity contribution in [3.63, 3.8) is 0 Å². The molecule has 0 saturated heterocycles. The topological polar surface area (TPSA) is 26.3 Å². The SMILES string of the molecule is CC(=O)OC(C)(C)CC(C)(C)CBr. The molecule has 0 aliphatic carbocycles. The third-order valence-corrected chi connectivity index (χ3v) is 3.20. The maximum absolute atomic E-state index is 10.8. The molecule has 0 heterocycles. The molecule has 78 valence electrons. The van der Waals surface area contributed by atoms with Crippen molar-refractivity contribution in [3.05, 3.63) is 0 Å². The molecule has 2 nitrogen and oxygen atoms in total. The van der Waals surface area contributed by atoms with Crippen LogP contribution >= 0.6 is 15.9 Å². The van der Waals surface area contributed by atoms with Crippen LogP contribution in [0.3, 0.4) is 0 Å². The van der Waals surface area contributed by atoms with Crippen LogP contribution in [0.4, 0.5) is 0 Å². The van der Waals surface area contributed by atoms with Crippen LogP contribution in [0.2, 0.25) is 0 Å². The lowest BCUT2D eigenvalue weighted by atomic mass is 9.83. The molecular weight excluding hydrogens is 232 g/mol. The fourth-order valence-corrected chi connectivity index (χ4v) is 1.82. The Bertz CT molecular complexity index is 185. The predicted octanol–water partition coefficient (Wildman–Crippen LogP) is 3.14. The van der Waals surface area contributed by atoms with Gasteiger partial charge in [0.2, 0.25) is 0 Å². The summed E-state index contributed by atoms with van der Waals surface area (Å²) in [5, 5.41) is 0.907. The number of carbonyl (C=O) groups is 1. The molecule has 0 aliphatic heterocycles. The maximum atomic E-state index is 10.8. The molecule has 0 N–H and O–H groups in total. The third kappa shape index (κ3) is 6.08. The fraction of sp³-hybridized carbons (Fsp3) is 0.900. The van der Waals surface area contributed by atoms with E-state index in [0.717, 1.165) is 11.8 Å². The number of carbonyl (C=O) groups excluding carboxylic acids is 1. The van der Waals surface area contributed by atoms with E-state index in [0.29, 0.717) is 0 Å². The Kier molecular flexibility index (Phi) is 4.43. The number of rotatable bonds is 4. The molecule has 0 rings (SSSR count). The van der Waals surface area contributed by atoms with E-state index in [2.05, 4.69) is 29.8 Å². The van der Waals surface area contributed by atoms with Crippen molar-refractivity contribution >= 4 is 21.9 Å². The van der Waals surface area contributed by atoms with Crippen LogP contribution in [-0.4, -0.2) is 16.9 Å². The second kappa shape index (κ2) is 4.45. The number of hydrogen-bond donors (Lipinski definition) is 0. The lowest BCUT2D eigenvalue weighted by Gasteiger charge is -2.33. The number of esters is 1. The van der Waals surface area contributed by atoms with Crippen molar-refractivity contribution in [3.8, 4) is 0 Å². The van der Waals surface area contributed by atoms with Gasteiger partial charge >= 0.3 is 5.97 Å². The summed E-state index contributed by atoms with van der Waals surface area (Å²) in [6.45, 7) is 9.63. The Morgan fingerprint density at radius 1 is 1.31 bits per heavy atom. The van der Waals surface area contributed by atoms with Crippen molar-refractivity contribution < 1.29 is 9.53 Å². The van der Waals surface area contributed by atoms with Gasteiger partial charge in [0.05, 0.1) is 0 Å². The van der Waals surface area contributed by atoms with E-state index in [-0.39, 0.29) is 17.0 Å². The van der Waals surface area contributed by atoms with Crippen LogP contribution in [0.5, 0.6) is 0 Å². The van der Waals surface area contributed by atoms with Gasteiger partial charge in [-0.2, -0.15) is 0 Å². The minimum Gasteiger partial charge on any atom is -0.460 e. The highest BCUT2D eigenvalue weighted by Crippen LogP contribution is 2.31. The zero-order valence-corrected chi connectivity index (χ0v) is 10.7. The normalized spacial score (nSPS) is 12.8. The van der Waals surface area contributed by atoms with E-state index in [1.807, 2.05) is 13.8 Å². The first kappa shape index (κ1) is 12.9. The summed E-state index contributed by atoms with van der Waals surface area (Å²) in [7, 11) is 0. The smallest absolute Gasteiger partial charge is 0.303 e. The number of ether oxygens (including phenoxy) is 1. The van der Waals surface area contributed by atoms with Gasteiger partial charge in [0.1, 0.15) is 5.60 Å². The molecule has 13 heavy (non-hydrogen) atoms. The first-order valence-corrected chi connectivity index (χ1v) is 5.56. The van der Waals surface area contributed by atoms with Crippen LogP contribution in [0.25, 0.3) is 0 Å². The summed E-state index contributed by atoms with van der Waals surface area (Å²) in [6, 6.07) is 0. The zero-order valence-electron chi connectivity index (χ0n) is 9.11. The standard InChI is InChI=1S/C10H19BrO2/c1-8(12)13-10(4,5)6-9(2,3)7-11/h6-7H2,1-5H3. The molecule has 0 aromatic carbocycles. The highest BCUT2D eigenvalue weighted by atomic mass is 79.9. The van der Waals surface area contributed by atoms with Crippen molar-refractivity contribution in [2.45, 2.75) is 46.6 Å². The molecule has 0 atom stereocenters. The van der Waals surface area contributed by atoms with Crippen LogP contribution in [-0.2, 0) is 9.53 Å². The van der Waals surface area contributed by atoms with Crippen molar-refractivity contribution in [1.29, 1.82) is 0 Å². The maximum Gasteiger partial charge on any atom is 0.303 e. The average Bonchev–Trinajstić information content (AvgIpc) is 1.81. The Morgan fingerprint density at radius 2 is 1.77 bits per heavy atom. The highest BCUT2D eigenvalue weighted by molar-refractivity contribution is 9.09. The molecule has 0 spiro atoms. The summed E-state index contributed by atoms with van der Waals surface area (Å²) in [5.41, 5.74) is -0.220. The van der Waals surface area contributed by atoms with Gasteiger partial charge in [-0.15, -0.1) is 0 Å². The molecule has 0 amide bonds. The largest absolute Gasteiger partial charge is 0.460 e. The summed E-state index contributed by atoms with van der Waals surface area (Å²) in [4.78, 5) is 10.8. The highest BCUT2D eigenvalue weighted by Gasteiger charge is 2.30. The Labute approximate surface area is 89.2 Å². The summed E-state index contributed by atoms with van der Waals surface area (Å²) < 4.78 is 5.22. The van der Waals surface area contributed by atoms with Crippen LogP contribution in [0.15, 0.2) is 0 Å². The van der Waals surface area contributed by atoms with Gasteiger partial charge in [-0.25, -0.2) is 0 Å². The first-order chi connectivity index (χ1) is 5.68. The van der Waals surface area contributed by atoms with E-state index in [1.54, 1.807) is 0 Å². The van der Waals surface area contributed by atoms with E-state index in [9.17, 15) is 4.79 Å². The van der Waals surface area contributed by atoms with Crippen molar-refractivity contribution in [2.24, 2.45) is 5.41 Å².